The average molecular weight is 480 g/mol. The van der Waals surface area contributed by atoms with E-state index in [2.05, 4.69) is 27.1 Å². The summed E-state index contributed by atoms with van der Waals surface area (Å²) in [5.41, 5.74) is 9.15. The second-order valence-electron chi connectivity index (χ2n) is 9.41. The van der Waals surface area contributed by atoms with E-state index in [-0.39, 0.29) is 11.9 Å². The van der Waals surface area contributed by atoms with Gasteiger partial charge in [0, 0.05) is 28.4 Å². The number of hydrogen-bond donors (Lipinski definition) is 3. The number of carbonyl (C=O) groups is 1. The van der Waals surface area contributed by atoms with Gasteiger partial charge in [0.2, 0.25) is 5.95 Å². The van der Waals surface area contributed by atoms with E-state index >= 15 is 0 Å². The summed E-state index contributed by atoms with van der Waals surface area (Å²) in [5, 5.41) is 14.8. The molecule has 0 atom stereocenters. The van der Waals surface area contributed by atoms with Crippen molar-refractivity contribution < 1.29 is 9.90 Å². The molecule has 1 saturated carbocycles. The molecule has 36 heavy (non-hydrogen) atoms. The summed E-state index contributed by atoms with van der Waals surface area (Å²) >= 11 is 0. The van der Waals surface area contributed by atoms with Gasteiger partial charge < -0.3 is 16.2 Å². The molecule has 4 N–H and O–H groups in total. The van der Waals surface area contributed by atoms with E-state index in [9.17, 15) is 9.90 Å². The highest BCUT2D eigenvalue weighted by Crippen LogP contribution is 2.28. The number of aliphatic hydroxyl groups is 1. The van der Waals surface area contributed by atoms with Gasteiger partial charge in [-0.25, -0.2) is 4.98 Å². The molecule has 2 heterocycles. The maximum Gasteiger partial charge on any atom is 0.251 e. The van der Waals surface area contributed by atoms with Crippen LogP contribution < -0.4 is 11.1 Å². The van der Waals surface area contributed by atoms with Crippen molar-refractivity contribution in [3.63, 3.8) is 0 Å². The van der Waals surface area contributed by atoms with Crippen molar-refractivity contribution in [2.75, 3.05) is 5.73 Å². The average Bonchev–Trinajstić information content (AvgIpc) is 3.24. The fraction of sp³-hybridized carbons (Fsp3) is 0.276. The Labute approximate surface area is 210 Å². The molecule has 4 aromatic rings. The first-order chi connectivity index (χ1) is 17.4. The van der Waals surface area contributed by atoms with Gasteiger partial charge in [0.05, 0.1) is 12.1 Å². The van der Waals surface area contributed by atoms with Crippen LogP contribution in [-0.2, 0) is 6.54 Å². The third-order valence-electron chi connectivity index (χ3n) is 6.60. The summed E-state index contributed by atoms with van der Waals surface area (Å²) in [5.74, 6) is 6.92. The maximum atomic E-state index is 12.8. The minimum absolute atomic E-state index is 0.148. The fourth-order valence-corrected chi connectivity index (χ4v) is 4.73. The number of nitrogens with zero attached hydrogens (tertiary/aromatic N) is 3. The van der Waals surface area contributed by atoms with Crippen molar-refractivity contribution in [2.24, 2.45) is 0 Å². The summed E-state index contributed by atoms with van der Waals surface area (Å²) in [4.78, 5) is 21.2. The van der Waals surface area contributed by atoms with Gasteiger partial charge in [-0.15, -0.1) is 0 Å². The molecule has 7 nitrogen and oxygen atoms in total. The Morgan fingerprint density at radius 1 is 1.14 bits per heavy atom. The van der Waals surface area contributed by atoms with E-state index in [0.29, 0.717) is 30.8 Å². The Morgan fingerprint density at radius 3 is 2.75 bits per heavy atom. The SMILES string of the molecule is Cc1cccc(C(=O)NCc2cc3ccc(C#CC4(O)CCCCC4)cc3n2-c2ccnc(N)n2)c1. The first-order valence-electron chi connectivity index (χ1n) is 12.2. The summed E-state index contributed by atoms with van der Waals surface area (Å²) in [6.45, 7) is 2.26. The zero-order valence-corrected chi connectivity index (χ0v) is 20.3. The monoisotopic (exact) mass is 479 g/mol. The molecule has 1 aliphatic carbocycles. The molecular formula is C29H29N5O2. The molecule has 182 valence electrons. The van der Waals surface area contributed by atoms with Crippen LogP contribution in [-0.4, -0.2) is 31.1 Å². The lowest BCUT2D eigenvalue weighted by Crippen LogP contribution is -2.29. The minimum atomic E-state index is -0.915. The van der Waals surface area contributed by atoms with Crippen LogP contribution in [0.2, 0.25) is 0 Å². The molecular weight excluding hydrogens is 450 g/mol. The standard InChI is InChI=1S/C29H29N5O2/c1-20-6-5-7-23(16-20)27(35)32-19-24-18-22-9-8-21(10-14-29(36)12-3-2-4-13-29)17-25(22)34(24)26-11-15-31-28(30)33-26/h5-9,11,15-18,36H,2-4,12-13,19H2,1H3,(H,32,35)(H2,30,31,33). The molecule has 0 bridgehead atoms. The smallest absolute Gasteiger partial charge is 0.251 e. The minimum Gasteiger partial charge on any atom is -0.378 e. The summed E-state index contributed by atoms with van der Waals surface area (Å²) in [6.07, 6.45) is 6.18. The Bertz CT molecular complexity index is 1490. The molecule has 1 aliphatic rings. The topological polar surface area (TPSA) is 106 Å². The Hall–Kier alpha value is -4.15. The van der Waals surface area contributed by atoms with Crippen LogP contribution in [0.4, 0.5) is 5.95 Å². The van der Waals surface area contributed by atoms with Gasteiger partial charge in [-0.1, -0.05) is 42.0 Å². The third kappa shape index (κ3) is 5.09. The number of benzene rings is 2. The summed E-state index contributed by atoms with van der Waals surface area (Å²) < 4.78 is 1.96. The van der Waals surface area contributed by atoms with Crippen LogP contribution in [0.25, 0.3) is 16.7 Å². The zero-order chi connectivity index (χ0) is 25.1. The van der Waals surface area contributed by atoms with Crippen LogP contribution in [0, 0.1) is 18.8 Å². The molecule has 1 fully saturated rings. The van der Waals surface area contributed by atoms with E-state index in [4.69, 9.17) is 5.73 Å². The van der Waals surface area contributed by atoms with Crippen molar-refractivity contribution in [2.45, 2.75) is 51.2 Å². The number of nitrogen functional groups attached to an aromatic ring is 1. The van der Waals surface area contributed by atoms with Gasteiger partial charge >= 0.3 is 0 Å². The number of aromatic nitrogens is 3. The number of rotatable bonds is 4. The van der Waals surface area contributed by atoms with Crippen molar-refractivity contribution in [1.29, 1.82) is 0 Å². The van der Waals surface area contributed by atoms with E-state index in [1.54, 1.807) is 18.3 Å². The van der Waals surface area contributed by atoms with Crippen molar-refractivity contribution in [3.05, 3.63) is 83.2 Å². The number of amides is 1. The van der Waals surface area contributed by atoms with Crippen LogP contribution in [0.3, 0.4) is 0 Å². The second-order valence-corrected chi connectivity index (χ2v) is 9.41. The highest BCUT2D eigenvalue weighted by atomic mass is 16.3. The van der Waals surface area contributed by atoms with Crippen LogP contribution in [0.5, 0.6) is 0 Å². The van der Waals surface area contributed by atoms with Crippen LogP contribution >= 0.6 is 0 Å². The predicted molar refractivity (Wildman–Crippen MR) is 141 cm³/mol. The normalized spacial score (nSPS) is 14.7. The number of carbonyl (C=O) groups excluding carboxylic acids is 1. The van der Waals surface area contributed by atoms with Crippen LogP contribution in [0.15, 0.2) is 60.8 Å². The van der Waals surface area contributed by atoms with E-state index in [1.165, 1.54) is 0 Å². The second kappa shape index (κ2) is 9.84. The van der Waals surface area contributed by atoms with Crippen molar-refractivity contribution in [1.82, 2.24) is 19.9 Å². The number of nitrogens with two attached hydrogens (primary N) is 1. The molecule has 0 spiro atoms. The number of anilines is 1. The summed E-state index contributed by atoms with van der Waals surface area (Å²) in [7, 11) is 0. The zero-order valence-electron chi connectivity index (χ0n) is 20.3. The lowest BCUT2D eigenvalue weighted by atomic mass is 9.85. The number of fused-ring (bicyclic) bond motifs is 1. The number of hydrogen-bond acceptors (Lipinski definition) is 5. The number of aryl methyl sites for hydroxylation is 1. The van der Waals surface area contributed by atoms with E-state index in [1.807, 2.05) is 54.0 Å². The molecule has 0 aliphatic heterocycles. The third-order valence-corrected chi connectivity index (χ3v) is 6.60. The van der Waals surface area contributed by atoms with Gasteiger partial charge in [0.1, 0.15) is 11.4 Å². The van der Waals surface area contributed by atoms with Crippen molar-refractivity contribution in [3.8, 4) is 17.7 Å². The molecule has 7 heteroatoms. The lowest BCUT2D eigenvalue weighted by Gasteiger charge is -2.26. The fourth-order valence-electron chi connectivity index (χ4n) is 4.73. The lowest BCUT2D eigenvalue weighted by molar-refractivity contribution is 0.0610. The Morgan fingerprint density at radius 2 is 1.97 bits per heavy atom. The van der Waals surface area contributed by atoms with Gasteiger partial charge in [0.15, 0.2) is 0 Å². The largest absolute Gasteiger partial charge is 0.378 e. The first-order valence-corrected chi connectivity index (χ1v) is 12.2. The van der Waals surface area contributed by atoms with Crippen molar-refractivity contribution >= 4 is 22.8 Å². The molecule has 0 radical (unpaired) electrons. The molecule has 2 aromatic carbocycles. The molecule has 1 amide bonds. The quantitative estimate of drug-likeness (QED) is 0.379. The highest BCUT2D eigenvalue weighted by molar-refractivity contribution is 5.94. The van der Waals surface area contributed by atoms with Gasteiger partial charge in [-0.3, -0.25) is 9.36 Å². The molecule has 2 aromatic heterocycles. The van der Waals surface area contributed by atoms with Crippen LogP contribution in [0.1, 0.15) is 59.3 Å². The highest BCUT2D eigenvalue weighted by Gasteiger charge is 2.26. The molecule has 0 saturated heterocycles. The molecule has 0 unspecified atom stereocenters. The predicted octanol–water partition coefficient (Wildman–Crippen LogP) is 4.29. The Kier molecular flexibility index (Phi) is 6.45. The Balaban J connectivity index is 1.51. The van der Waals surface area contributed by atoms with E-state index < -0.39 is 5.60 Å². The first kappa shape index (κ1) is 23.6. The van der Waals surface area contributed by atoms with Gasteiger partial charge in [-0.05, 0) is 69.0 Å². The van der Waals surface area contributed by atoms with Gasteiger partial charge in [-0.2, -0.15) is 4.98 Å². The van der Waals surface area contributed by atoms with Gasteiger partial charge in [0.25, 0.3) is 5.91 Å². The summed E-state index contributed by atoms with van der Waals surface area (Å²) in [6, 6.07) is 17.2. The molecule has 5 rings (SSSR count). The number of nitrogens with one attached hydrogen (secondary N) is 1. The maximum absolute atomic E-state index is 12.8. The van der Waals surface area contributed by atoms with E-state index in [0.717, 1.165) is 47.0 Å².